The van der Waals surface area contributed by atoms with E-state index < -0.39 is 11.6 Å². The van der Waals surface area contributed by atoms with Gasteiger partial charge >= 0.3 is 5.97 Å². The van der Waals surface area contributed by atoms with E-state index in [9.17, 15) is 9.90 Å². The van der Waals surface area contributed by atoms with Gasteiger partial charge in [-0.15, -0.1) is 0 Å². The first-order chi connectivity index (χ1) is 9.52. The van der Waals surface area contributed by atoms with Gasteiger partial charge in [-0.1, -0.05) is 63.4 Å². The van der Waals surface area contributed by atoms with Crippen molar-refractivity contribution in [3.63, 3.8) is 0 Å². The maximum atomic E-state index is 10.8. The first-order valence-electron chi connectivity index (χ1n) is 8.14. The van der Waals surface area contributed by atoms with Crippen LogP contribution in [0.4, 0.5) is 0 Å². The minimum Gasteiger partial charge on any atom is -0.478 e. The van der Waals surface area contributed by atoms with Crippen molar-refractivity contribution in [1.29, 1.82) is 0 Å². The molecule has 1 saturated carbocycles. The minimum atomic E-state index is -0.917. The van der Waals surface area contributed by atoms with E-state index in [1.807, 2.05) is 6.92 Å². The van der Waals surface area contributed by atoms with Gasteiger partial charge < -0.3 is 10.2 Å². The maximum absolute atomic E-state index is 10.8. The Morgan fingerprint density at radius 3 is 1.75 bits per heavy atom. The average Bonchev–Trinajstić information content (AvgIpc) is 2.32. The molecule has 2 N–H and O–H groups in total. The van der Waals surface area contributed by atoms with Crippen LogP contribution < -0.4 is 0 Å². The van der Waals surface area contributed by atoms with Gasteiger partial charge in [0.2, 0.25) is 0 Å². The summed E-state index contributed by atoms with van der Waals surface area (Å²) >= 11 is 0. The van der Waals surface area contributed by atoms with Crippen LogP contribution in [0, 0.1) is 0 Å². The van der Waals surface area contributed by atoms with Crippen LogP contribution in [0.25, 0.3) is 0 Å². The highest BCUT2D eigenvalue weighted by Gasteiger charge is 2.26. The number of hydrogen-bond donors (Lipinski definition) is 2. The Bertz CT molecular complexity index is 308. The zero-order valence-electron chi connectivity index (χ0n) is 12.9. The lowest BCUT2D eigenvalue weighted by Gasteiger charge is -2.29. The van der Waals surface area contributed by atoms with Gasteiger partial charge in [0.05, 0.1) is 5.60 Å². The lowest BCUT2D eigenvalue weighted by molar-refractivity contribution is -0.131. The molecule has 0 aromatic rings. The number of carboxylic acids is 1. The highest BCUT2D eigenvalue weighted by molar-refractivity contribution is 5.80. The highest BCUT2D eigenvalue weighted by Crippen LogP contribution is 2.30. The molecule has 0 saturated heterocycles. The zero-order valence-corrected chi connectivity index (χ0v) is 12.9. The predicted octanol–water partition coefficient (Wildman–Crippen LogP) is 4.44. The number of aliphatic hydroxyl groups is 1. The summed E-state index contributed by atoms with van der Waals surface area (Å²) in [6.45, 7) is 1.81. The molecule has 1 fully saturated rings. The van der Waals surface area contributed by atoms with Crippen LogP contribution in [-0.4, -0.2) is 21.8 Å². The molecule has 0 spiro atoms. The predicted molar refractivity (Wildman–Crippen MR) is 81.7 cm³/mol. The first-order valence-corrected chi connectivity index (χ1v) is 8.14. The molecular formula is C17H30O3. The third-order valence-corrected chi connectivity index (χ3v) is 4.26. The molecule has 1 rings (SSSR count). The second-order valence-electron chi connectivity index (χ2n) is 6.41. The number of rotatable bonds is 3. The molecule has 0 aromatic carbocycles. The Hall–Kier alpha value is -0.830. The molecule has 0 amide bonds. The van der Waals surface area contributed by atoms with E-state index >= 15 is 0 Å². The van der Waals surface area contributed by atoms with Crippen LogP contribution in [0.3, 0.4) is 0 Å². The molecule has 0 bridgehead atoms. The van der Waals surface area contributed by atoms with Gasteiger partial charge in [-0.2, -0.15) is 0 Å². The highest BCUT2D eigenvalue weighted by atomic mass is 16.4. The summed E-state index contributed by atoms with van der Waals surface area (Å²) in [4.78, 5) is 10.7. The van der Waals surface area contributed by atoms with Gasteiger partial charge in [-0.3, -0.25) is 0 Å². The maximum Gasteiger partial charge on any atom is 0.328 e. The van der Waals surface area contributed by atoms with E-state index in [2.05, 4.69) is 0 Å². The van der Waals surface area contributed by atoms with Crippen molar-refractivity contribution in [2.45, 2.75) is 89.6 Å². The molecule has 1 aliphatic rings. The van der Waals surface area contributed by atoms with E-state index in [0.717, 1.165) is 31.3 Å². The van der Waals surface area contributed by atoms with Gasteiger partial charge in [-0.05, 0) is 26.2 Å². The fraction of sp³-hybridized carbons (Fsp3) is 0.824. The van der Waals surface area contributed by atoms with Crippen molar-refractivity contribution < 1.29 is 15.0 Å². The fourth-order valence-electron chi connectivity index (χ4n) is 3.23. The molecule has 116 valence electrons. The smallest absolute Gasteiger partial charge is 0.328 e. The second-order valence-corrected chi connectivity index (χ2v) is 6.41. The second kappa shape index (κ2) is 9.17. The summed E-state index contributed by atoms with van der Waals surface area (Å²) in [5.74, 6) is -0.917. The van der Waals surface area contributed by atoms with E-state index in [-0.39, 0.29) is 0 Å². The Morgan fingerprint density at radius 1 is 0.950 bits per heavy atom. The van der Waals surface area contributed by atoms with Crippen molar-refractivity contribution in [3.05, 3.63) is 11.6 Å². The summed E-state index contributed by atoms with van der Waals surface area (Å²) < 4.78 is 0. The van der Waals surface area contributed by atoms with E-state index in [0.29, 0.717) is 6.42 Å². The molecular weight excluding hydrogens is 252 g/mol. The van der Waals surface area contributed by atoms with Crippen LogP contribution in [-0.2, 0) is 4.79 Å². The van der Waals surface area contributed by atoms with E-state index in [1.165, 1.54) is 51.0 Å². The van der Waals surface area contributed by atoms with Crippen molar-refractivity contribution in [3.8, 4) is 0 Å². The van der Waals surface area contributed by atoms with Crippen LogP contribution in [0.5, 0.6) is 0 Å². The zero-order chi connectivity index (χ0) is 14.8. The van der Waals surface area contributed by atoms with Crippen molar-refractivity contribution in [1.82, 2.24) is 0 Å². The summed E-state index contributed by atoms with van der Waals surface area (Å²) in [5, 5.41) is 19.6. The third kappa shape index (κ3) is 7.68. The van der Waals surface area contributed by atoms with Crippen molar-refractivity contribution in [2.75, 3.05) is 0 Å². The SMILES string of the molecule is C/C(=C/C(=O)O)CC1(O)CCCCCCCCCCC1. The average molecular weight is 282 g/mol. The molecule has 0 heterocycles. The lowest BCUT2D eigenvalue weighted by Crippen LogP contribution is -2.29. The largest absolute Gasteiger partial charge is 0.478 e. The fourth-order valence-corrected chi connectivity index (χ4v) is 3.23. The number of aliphatic carboxylic acids is 1. The molecule has 3 heteroatoms. The van der Waals surface area contributed by atoms with Crippen LogP contribution in [0.1, 0.15) is 84.0 Å². The van der Waals surface area contributed by atoms with Crippen molar-refractivity contribution >= 4 is 5.97 Å². The molecule has 0 radical (unpaired) electrons. The van der Waals surface area contributed by atoms with Gasteiger partial charge in [-0.25, -0.2) is 4.79 Å². The molecule has 1 aliphatic carbocycles. The van der Waals surface area contributed by atoms with Crippen LogP contribution in [0.15, 0.2) is 11.6 Å². The van der Waals surface area contributed by atoms with E-state index in [1.54, 1.807) is 0 Å². The van der Waals surface area contributed by atoms with Gasteiger partial charge in [0, 0.05) is 6.08 Å². The Labute approximate surface area is 123 Å². The lowest BCUT2D eigenvalue weighted by atomic mass is 9.84. The van der Waals surface area contributed by atoms with Gasteiger partial charge in [0.1, 0.15) is 0 Å². The Balaban J connectivity index is 2.57. The van der Waals surface area contributed by atoms with Crippen LogP contribution in [0.2, 0.25) is 0 Å². The molecule has 20 heavy (non-hydrogen) atoms. The molecule has 0 atom stereocenters. The standard InChI is InChI=1S/C17H30O3/c1-15(13-16(18)19)14-17(20)11-9-7-5-3-2-4-6-8-10-12-17/h13,20H,2-12,14H2,1H3,(H,18,19)/b15-13-. The third-order valence-electron chi connectivity index (χ3n) is 4.26. The van der Waals surface area contributed by atoms with Gasteiger partial charge in [0.25, 0.3) is 0 Å². The topological polar surface area (TPSA) is 57.5 Å². The van der Waals surface area contributed by atoms with Crippen molar-refractivity contribution in [2.24, 2.45) is 0 Å². The summed E-state index contributed by atoms with van der Waals surface area (Å²) in [5.41, 5.74) is 0.0713. The normalized spacial score (nSPS) is 22.6. The molecule has 3 nitrogen and oxygen atoms in total. The van der Waals surface area contributed by atoms with Crippen LogP contribution >= 0.6 is 0 Å². The number of carbonyl (C=O) groups is 1. The summed E-state index contributed by atoms with van der Waals surface area (Å²) in [7, 11) is 0. The molecule has 0 unspecified atom stereocenters. The van der Waals surface area contributed by atoms with Gasteiger partial charge in [0.15, 0.2) is 0 Å². The molecule has 0 aliphatic heterocycles. The monoisotopic (exact) mass is 282 g/mol. The minimum absolute atomic E-state index is 0.499. The van der Waals surface area contributed by atoms with E-state index in [4.69, 9.17) is 5.11 Å². The quantitative estimate of drug-likeness (QED) is 0.752. The summed E-state index contributed by atoms with van der Waals surface area (Å²) in [6.07, 6.45) is 14.3. The number of carboxylic acid groups (broad SMARTS) is 1. The molecule has 0 aromatic heterocycles. The Kier molecular flexibility index (Phi) is 7.90. The first kappa shape index (κ1) is 17.2. The Morgan fingerprint density at radius 2 is 1.35 bits per heavy atom. The number of hydrogen-bond acceptors (Lipinski definition) is 2. The summed E-state index contributed by atoms with van der Waals surface area (Å²) in [6, 6.07) is 0.